The zero-order valence-electron chi connectivity index (χ0n) is 26.7. The molecule has 0 atom stereocenters. The summed E-state index contributed by atoms with van der Waals surface area (Å²) in [6, 6.07) is 13.9. The maximum Gasteiger partial charge on any atom is 0.355 e. The Balaban J connectivity index is 1.59. The Kier molecular flexibility index (Phi) is 11.2. The van der Waals surface area contributed by atoms with Gasteiger partial charge in [0, 0.05) is 46.6 Å². The van der Waals surface area contributed by atoms with Crippen molar-refractivity contribution in [3.63, 3.8) is 0 Å². The van der Waals surface area contributed by atoms with Gasteiger partial charge in [0.2, 0.25) is 0 Å². The summed E-state index contributed by atoms with van der Waals surface area (Å²) in [6.07, 6.45) is 5.56. The summed E-state index contributed by atoms with van der Waals surface area (Å²) < 4.78 is 12.3. The van der Waals surface area contributed by atoms with E-state index in [2.05, 4.69) is 22.5 Å². The first kappa shape index (κ1) is 33.6. The van der Waals surface area contributed by atoms with Crippen LogP contribution in [-0.2, 0) is 13.0 Å². The van der Waals surface area contributed by atoms with Gasteiger partial charge in [0.15, 0.2) is 5.69 Å². The number of carboxylic acids is 1. The van der Waals surface area contributed by atoms with Crippen LogP contribution in [0.4, 0.5) is 5.69 Å². The number of carbonyl (C=O) groups excluding carboxylic acids is 2. The molecule has 0 saturated heterocycles. The van der Waals surface area contributed by atoms with Crippen molar-refractivity contribution >= 4 is 34.8 Å². The number of benzene rings is 2. The number of nitrogens with two attached hydrogens (primary N) is 1. The summed E-state index contributed by atoms with van der Waals surface area (Å²) in [4.78, 5) is 44.7. The molecule has 4 aromatic rings. The Morgan fingerprint density at radius 3 is 2.60 bits per heavy atom. The number of rotatable bonds is 14. The van der Waals surface area contributed by atoms with E-state index in [0.717, 1.165) is 53.7 Å². The lowest BCUT2D eigenvalue weighted by Gasteiger charge is -2.18. The molecule has 0 aliphatic carbocycles. The Hall–Kier alpha value is -4.74. The van der Waals surface area contributed by atoms with Gasteiger partial charge < -0.3 is 30.9 Å². The number of aromatic carboxylic acids is 1. The lowest BCUT2D eigenvalue weighted by atomic mass is 9.93. The van der Waals surface area contributed by atoms with Gasteiger partial charge in [-0.3, -0.25) is 9.59 Å². The average molecular weight is 657 g/mol. The summed E-state index contributed by atoms with van der Waals surface area (Å²) in [5.41, 5.74) is 9.43. The fourth-order valence-electron chi connectivity index (χ4n) is 5.44. The molecule has 0 unspecified atom stereocenters. The first-order valence-electron chi connectivity index (χ1n) is 16.0. The monoisotopic (exact) mass is 656 g/mol. The predicted octanol–water partition coefficient (Wildman–Crippen LogP) is 6.92. The Morgan fingerprint density at radius 2 is 1.83 bits per heavy atom. The van der Waals surface area contributed by atoms with E-state index in [4.69, 9.17) is 15.2 Å². The topological polar surface area (TPSA) is 153 Å². The highest BCUT2D eigenvalue weighted by Crippen LogP contribution is 2.43. The van der Waals surface area contributed by atoms with Crippen molar-refractivity contribution < 1.29 is 29.0 Å². The van der Waals surface area contributed by atoms with E-state index in [1.807, 2.05) is 30.5 Å². The highest BCUT2D eigenvalue weighted by molar-refractivity contribution is 7.13. The number of ether oxygens (including phenoxy) is 2. The number of hydrogen-bond acceptors (Lipinski definition) is 8. The number of anilines is 1. The van der Waals surface area contributed by atoms with Crippen molar-refractivity contribution in [3.8, 4) is 33.1 Å². The molecule has 10 nitrogen and oxygen atoms in total. The third kappa shape index (κ3) is 7.81. The van der Waals surface area contributed by atoms with E-state index in [0.29, 0.717) is 55.5 Å². The van der Waals surface area contributed by atoms with E-state index in [1.54, 1.807) is 29.5 Å². The first-order chi connectivity index (χ1) is 22.8. The minimum absolute atomic E-state index is 0.0273. The highest BCUT2D eigenvalue weighted by atomic mass is 32.1. The van der Waals surface area contributed by atoms with Gasteiger partial charge in [-0.25, -0.2) is 9.78 Å². The second kappa shape index (κ2) is 15.7. The molecule has 11 heteroatoms. The Morgan fingerprint density at radius 1 is 0.979 bits per heavy atom. The van der Waals surface area contributed by atoms with Gasteiger partial charge in [-0.1, -0.05) is 39.2 Å². The zero-order chi connectivity index (χ0) is 33.3. The number of amides is 2. The van der Waals surface area contributed by atoms with Crippen LogP contribution in [0.5, 0.6) is 11.5 Å². The van der Waals surface area contributed by atoms with E-state index in [-0.39, 0.29) is 22.5 Å². The van der Waals surface area contributed by atoms with Crippen molar-refractivity contribution in [2.75, 3.05) is 25.1 Å². The summed E-state index contributed by atoms with van der Waals surface area (Å²) in [6.45, 7) is 5.73. The zero-order valence-corrected chi connectivity index (χ0v) is 27.5. The van der Waals surface area contributed by atoms with Gasteiger partial charge in [0.25, 0.3) is 11.8 Å². The lowest BCUT2D eigenvalue weighted by Crippen LogP contribution is -2.25. The van der Waals surface area contributed by atoms with Gasteiger partial charge in [0.1, 0.15) is 17.2 Å². The second-order valence-electron chi connectivity index (χ2n) is 11.3. The number of pyridine rings is 1. The first-order valence-corrected chi connectivity index (χ1v) is 16.9. The number of thiophene rings is 1. The number of fused-ring (bicyclic) bond motifs is 3. The van der Waals surface area contributed by atoms with Crippen molar-refractivity contribution in [3.05, 3.63) is 82.0 Å². The second-order valence-corrected chi connectivity index (χ2v) is 12.2. The smallest absolute Gasteiger partial charge is 0.355 e. The highest BCUT2D eigenvalue weighted by Gasteiger charge is 2.27. The minimum atomic E-state index is -1.33. The van der Waals surface area contributed by atoms with Crippen LogP contribution in [0.15, 0.2) is 53.9 Å². The number of aromatic nitrogens is 1. The van der Waals surface area contributed by atoms with Crippen LogP contribution in [0.1, 0.15) is 88.4 Å². The van der Waals surface area contributed by atoms with Crippen LogP contribution in [0, 0.1) is 0 Å². The maximum atomic E-state index is 14.3. The van der Waals surface area contributed by atoms with Gasteiger partial charge in [-0.2, -0.15) is 0 Å². The quantitative estimate of drug-likeness (QED) is 0.107. The Labute approximate surface area is 278 Å². The van der Waals surface area contributed by atoms with E-state index in [9.17, 15) is 19.5 Å². The van der Waals surface area contributed by atoms with Crippen LogP contribution in [0.3, 0.4) is 0 Å². The van der Waals surface area contributed by atoms with E-state index < -0.39 is 17.8 Å². The summed E-state index contributed by atoms with van der Waals surface area (Å²) in [5, 5.41) is 18.0. The predicted molar refractivity (Wildman–Crippen MR) is 184 cm³/mol. The third-order valence-electron chi connectivity index (χ3n) is 7.93. The fraction of sp³-hybridized carbons (Fsp3) is 0.333. The third-order valence-corrected chi connectivity index (χ3v) is 8.92. The molecule has 0 saturated carbocycles. The SMILES string of the molecule is CCCCCCOc1cc(CN)ccc1NC(=O)c1cc2c(cc1-c1ccc(C(=O)NCCC)nc1C(=O)O)OCCc1ccsc1-2. The van der Waals surface area contributed by atoms with Crippen molar-refractivity contribution in [2.45, 2.75) is 58.9 Å². The maximum absolute atomic E-state index is 14.3. The molecule has 1 aliphatic heterocycles. The van der Waals surface area contributed by atoms with Gasteiger partial charge in [-0.05, 0) is 71.8 Å². The van der Waals surface area contributed by atoms with Crippen molar-refractivity contribution in [2.24, 2.45) is 5.73 Å². The van der Waals surface area contributed by atoms with Crippen LogP contribution in [0.2, 0.25) is 0 Å². The van der Waals surface area contributed by atoms with Crippen LogP contribution in [0.25, 0.3) is 21.6 Å². The molecule has 2 amide bonds. The molecule has 3 heterocycles. The van der Waals surface area contributed by atoms with Gasteiger partial charge >= 0.3 is 5.97 Å². The van der Waals surface area contributed by atoms with Crippen LogP contribution < -0.4 is 25.8 Å². The molecule has 1 aliphatic rings. The molecule has 0 fully saturated rings. The standard InChI is InChI=1S/C36H40N4O6S/c1-3-5-6-7-15-45-31-18-22(21-37)8-10-28(31)40-34(41)26-19-27-30(46-16-12-23-13-17-47-33(23)27)20-25(26)24-9-11-29(35(42)38-14-4-2)39-32(24)36(43)44/h8-11,13,17-20H,3-7,12,14-16,21,37H2,1-2H3,(H,38,42)(H,40,41)(H,43,44). The molecule has 2 aromatic heterocycles. The number of unbranched alkanes of at least 4 members (excludes halogenated alkanes) is 3. The summed E-state index contributed by atoms with van der Waals surface area (Å²) >= 11 is 1.55. The van der Waals surface area contributed by atoms with E-state index in [1.165, 1.54) is 12.1 Å². The van der Waals surface area contributed by atoms with E-state index >= 15 is 0 Å². The normalized spacial score (nSPS) is 11.9. The molecule has 0 spiro atoms. The minimum Gasteiger partial charge on any atom is -0.493 e. The molecule has 47 heavy (non-hydrogen) atoms. The molecular formula is C36H40N4O6S. The number of nitrogens with one attached hydrogen (secondary N) is 2. The molecule has 5 rings (SSSR count). The molecule has 0 radical (unpaired) electrons. The van der Waals surface area contributed by atoms with Gasteiger partial charge in [-0.15, -0.1) is 11.3 Å². The molecular weight excluding hydrogens is 616 g/mol. The molecule has 0 bridgehead atoms. The molecule has 2 aromatic carbocycles. The van der Waals surface area contributed by atoms with Gasteiger partial charge in [0.05, 0.1) is 18.9 Å². The van der Waals surface area contributed by atoms with Crippen molar-refractivity contribution in [1.29, 1.82) is 0 Å². The summed E-state index contributed by atoms with van der Waals surface area (Å²) in [7, 11) is 0. The summed E-state index contributed by atoms with van der Waals surface area (Å²) in [5.74, 6) is -1.24. The largest absolute Gasteiger partial charge is 0.493 e. The van der Waals surface area contributed by atoms with Crippen molar-refractivity contribution in [1.82, 2.24) is 10.3 Å². The number of hydrogen-bond donors (Lipinski definition) is 4. The number of carbonyl (C=O) groups is 3. The fourth-order valence-corrected chi connectivity index (χ4v) is 6.42. The lowest BCUT2D eigenvalue weighted by molar-refractivity contribution is 0.0691. The average Bonchev–Trinajstić information content (AvgIpc) is 3.48. The van der Waals surface area contributed by atoms with Crippen LogP contribution >= 0.6 is 11.3 Å². The Bertz CT molecular complexity index is 1770. The number of carboxylic acid groups (broad SMARTS) is 1. The van der Waals surface area contributed by atoms with Crippen LogP contribution in [-0.4, -0.2) is 47.6 Å². The molecule has 246 valence electrons. The molecule has 5 N–H and O–H groups in total. The number of nitrogens with zero attached hydrogens (tertiary/aromatic N) is 1.